The molecule has 0 fully saturated rings. The Kier molecular flexibility index (Phi) is 9.00. The lowest BCUT2D eigenvalue weighted by Gasteiger charge is -2.21. The number of halogens is 2. The molecule has 2 unspecified atom stereocenters. The number of carboxylic acid groups (broad SMARTS) is 1. The number of hydrogen-bond acceptors (Lipinski definition) is 7. The first-order chi connectivity index (χ1) is 18.1. The minimum absolute atomic E-state index is 0.0542. The quantitative estimate of drug-likeness (QED) is 0.255. The fourth-order valence-electron chi connectivity index (χ4n) is 3.54. The lowest BCUT2D eigenvalue weighted by Crippen LogP contribution is -2.42. The van der Waals surface area contributed by atoms with Crippen LogP contribution in [0.4, 0.5) is 25.6 Å². The number of aromatic nitrogens is 4. The first-order valence-electron chi connectivity index (χ1n) is 12.3. The molecule has 13 heteroatoms. The Labute approximate surface area is 231 Å². The van der Waals surface area contributed by atoms with E-state index in [4.69, 9.17) is 21.4 Å². The van der Waals surface area contributed by atoms with Crippen LogP contribution in [-0.4, -0.2) is 54.7 Å². The van der Waals surface area contributed by atoms with Crippen molar-refractivity contribution in [1.29, 1.82) is 0 Å². The number of carbonyl (C=O) groups is 2. The SMILES string of the molecule is CC(NC(=O)O)C(C)Nc1nccc(-c2cn(C(C)C)nc2-c2cc(Cl)cc(NC(=O)OC(C)(C)C)c2F)n1. The molecule has 0 spiro atoms. The van der Waals surface area contributed by atoms with Crippen LogP contribution in [0.2, 0.25) is 5.02 Å². The van der Waals surface area contributed by atoms with Crippen molar-refractivity contribution in [1.82, 2.24) is 25.1 Å². The van der Waals surface area contributed by atoms with Crippen LogP contribution in [0.25, 0.3) is 22.5 Å². The molecule has 2 aromatic heterocycles. The number of hydrogen-bond donors (Lipinski definition) is 4. The van der Waals surface area contributed by atoms with Crippen LogP contribution in [0.3, 0.4) is 0 Å². The topological polar surface area (TPSA) is 143 Å². The number of nitrogens with one attached hydrogen (secondary N) is 3. The second kappa shape index (κ2) is 11.9. The van der Waals surface area contributed by atoms with Gasteiger partial charge in [0.1, 0.15) is 11.3 Å². The van der Waals surface area contributed by atoms with Crippen LogP contribution in [0.1, 0.15) is 54.5 Å². The van der Waals surface area contributed by atoms with Gasteiger partial charge in [-0.3, -0.25) is 10.00 Å². The average Bonchev–Trinajstić information content (AvgIpc) is 3.25. The van der Waals surface area contributed by atoms with E-state index in [0.717, 1.165) is 0 Å². The number of ether oxygens (including phenoxy) is 1. The molecule has 4 N–H and O–H groups in total. The molecule has 1 aromatic carbocycles. The summed E-state index contributed by atoms with van der Waals surface area (Å²) in [5.74, 6) is -0.490. The Morgan fingerprint density at radius 1 is 1.13 bits per heavy atom. The largest absolute Gasteiger partial charge is 0.465 e. The fourth-order valence-corrected chi connectivity index (χ4v) is 3.75. The molecule has 0 radical (unpaired) electrons. The fraction of sp³-hybridized carbons (Fsp3) is 0.423. The lowest BCUT2D eigenvalue weighted by atomic mass is 10.0. The summed E-state index contributed by atoms with van der Waals surface area (Å²) in [5, 5.41) is 21.7. The molecule has 39 heavy (non-hydrogen) atoms. The van der Waals surface area contributed by atoms with E-state index in [0.29, 0.717) is 11.3 Å². The van der Waals surface area contributed by atoms with Gasteiger partial charge in [0.2, 0.25) is 5.95 Å². The highest BCUT2D eigenvalue weighted by Crippen LogP contribution is 2.37. The summed E-state index contributed by atoms with van der Waals surface area (Å²) in [6, 6.07) is 3.56. The van der Waals surface area contributed by atoms with Gasteiger partial charge in [0, 0.05) is 46.7 Å². The summed E-state index contributed by atoms with van der Waals surface area (Å²) in [7, 11) is 0. The number of benzene rings is 1. The molecule has 2 atom stereocenters. The van der Waals surface area contributed by atoms with E-state index >= 15 is 4.39 Å². The van der Waals surface area contributed by atoms with Crippen LogP contribution in [0.5, 0.6) is 0 Å². The minimum atomic E-state index is -1.14. The summed E-state index contributed by atoms with van der Waals surface area (Å²) in [4.78, 5) is 32.1. The number of rotatable bonds is 8. The van der Waals surface area contributed by atoms with Gasteiger partial charge < -0.3 is 20.5 Å². The molecule has 11 nitrogen and oxygen atoms in total. The van der Waals surface area contributed by atoms with Gasteiger partial charge in [-0.25, -0.2) is 23.9 Å². The Balaban J connectivity index is 2.04. The molecule has 0 saturated heterocycles. The van der Waals surface area contributed by atoms with Crippen LogP contribution in [0.15, 0.2) is 30.6 Å². The summed E-state index contributed by atoms with van der Waals surface area (Å²) in [6.45, 7) is 12.5. The van der Waals surface area contributed by atoms with Gasteiger partial charge in [-0.2, -0.15) is 5.10 Å². The maximum Gasteiger partial charge on any atom is 0.412 e. The maximum atomic E-state index is 15.8. The highest BCUT2D eigenvalue weighted by molar-refractivity contribution is 6.31. The number of amides is 2. The van der Waals surface area contributed by atoms with Gasteiger partial charge in [-0.05, 0) is 66.7 Å². The van der Waals surface area contributed by atoms with Crippen molar-refractivity contribution in [3.05, 3.63) is 41.4 Å². The van der Waals surface area contributed by atoms with Crippen molar-refractivity contribution in [2.45, 2.75) is 72.2 Å². The van der Waals surface area contributed by atoms with Crippen LogP contribution < -0.4 is 16.0 Å². The van der Waals surface area contributed by atoms with Crippen molar-refractivity contribution < 1.29 is 23.8 Å². The van der Waals surface area contributed by atoms with Gasteiger partial charge in [0.15, 0.2) is 5.82 Å². The molecule has 2 amide bonds. The molecule has 3 rings (SSSR count). The van der Waals surface area contributed by atoms with E-state index in [1.807, 2.05) is 13.8 Å². The van der Waals surface area contributed by atoms with Gasteiger partial charge in [-0.15, -0.1) is 0 Å². The summed E-state index contributed by atoms with van der Waals surface area (Å²) < 4.78 is 22.7. The Morgan fingerprint density at radius 3 is 2.44 bits per heavy atom. The predicted molar refractivity (Wildman–Crippen MR) is 148 cm³/mol. The Morgan fingerprint density at radius 2 is 1.82 bits per heavy atom. The number of carbonyl (C=O) groups excluding carboxylic acids is 1. The van der Waals surface area contributed by atoms with Crippen LogP contribution >= 0.6 is 11.6 Å². The van der Waals surface area contributed by atoms with E-state index in [9.17, 15) is 9.59 Å². The standard InChI is InChI=1S/C26H33ClFN7O4/c1-13(2)35-12-18(19-8-9-29-23(32-19)30-14(3)15(4)31-24(36)37)22(34-35)17-10-16(27)11-20(21(17)28)33-25(38)39-26(5,6)7/h8-15,31H,1-7H3,(H,33,38)(H,36,37)(H,29,30,32). The monoisotopic (exact) mass is 561 g/mol. The molecular weight excluding hydrogens is 529 g/mol. The van der Waals surface area contributed by atoms with E-state index in [1.54, 1.807) is 51.6 Å². The molecule has 0 aliphatic carbocycles. The highest BCUT2D eigenvalue weighted by atomic mass is 35.5. The molecular formula is C26H33ClFN7O4. The third kappa shape index (κ3) is 7.79. The normalized spacial score (nSPS) is 13.1. The Bertz CT molecular complexity index is 1360. The molecule has 3 aromatic rings. The van der Waals surface area contributed by atoms with E-state index in [-0.39, 0.29) is 40.0 Å². The number of anilines is 2. The second-order valence-corrected chi connectivity index (χ2v) is 10.8. The minimum Gasteiger partial charge on any atom is -0.465 e. The van der Waals surface area contributed by atoms with Crippen LogP contribution in [-0.2, 0) is 4.74 Å². The maximum absolute atomic E-state index is 15.8. The summed E-state index contributed by atoms with van der Waals surface area (Å²) >= 11 is 6.33. The van der Waals surface area contributed by atoms with Crippen molar-refractivity contribution >= 4 is 35.4 Å². The van der Waals surface area contributed by atoms with E-state index < -0.39 is 29.6 Å². The van der Waals surface area contributed by atoms with Crippen molar-refractivity contribution in [3.8, 4) is 22.5 Å². The third-order valence-electron chi connectivity index (χ3n) is 5.58. The second-order valence-electron chi connectivity index (χ2n) is 10.3. The van der Waals surface area contributed by atoms with E-state index in [1.165, 1.54) is 18.3 Å². The lowest BCUT2D eigenvalue weighted by molar-refractivity contribution is 0.0635. The van der Waals surface area contributed by atoms with Gasteiger partial charge in [0.05, 0.1) is 11.4 Å². The van der Waals surface area contributed by atoms with Gasteiger partial charge >= 0.3 is 12.2 Å². The Hall–Kier alpha value is -3.93. The van der Waals surface area contributed by atoms with Crippen LogP contribution in [0, 0.1) is 5.82 Å². The zero-order chi connectivity index (χ0) is 29.1. The predicted octanol–water partition coefficient (Wildman–Crippen LogP) is 6.18. The van der Waals surface area contributed by atoms with Crippen molar-refractivity contribution in [2.24, 2.45) is 0 Å². The first-order valence-corrected chi connectivity index (χ1v) is 12.7. The summed E-state index contributed by atoms with van der Waals surface area (Å²) in [6.07, 6.45) is 1.31. The van der Waals surface area contributed by atoms with Gasteiger partial charge in [-0.1, -0.05) is 11.6 Å². The van der Waals surface area contributed by atoms with Crippen molar-refractivity contribution in [3.63, 3.8) is 0 Å². The molecule has 2 heterocycles. The molecule has 0 aliphatic rings. The average molecular weight is 562 g/mol. The van der Waals surface area contributed by atoms with Crippen molar-refractivity contribution in [2.75, 3.05) is 10.6 Å². The zero-order valence-electron chi connectivity index (χ0n) is 22.8. The van der Waals surface area contributed by atoms with Gasteiger partial charge in [0.25, 0.3) is 0 Å². The smallest absolute Gasteiger partial charge is 0.412 e. The van der Waals surface area contributed by atoms with E-state index in [2.05, 4.69) is 31.0 Å². The number of nitrogens with zero attached hydrogens (tertiary/aromatic N) is 4. The highest BCUT2D eigenvalue weighted by Gasteiger charge is 2.24. The summed E-state index contributed by atoms with van der Waals surface area (Å²) in [5.41, 5.74) is 0.335. The third-order valence-corrected chi connectivity index (χ3v) is 5.80. The molecule has 0 aliphatic heterocycles. The molecule has 0 bridgehead atoms. The molecule has 210 valence electrons. The zero-order valence-corrected chi connectivity index (χ0v) is 23.6. The first kappa shape index (κ1) is 29.6. The molecule has 0 saturated carbocycles.